The molecule has 0 spiro atoms. The third-order valence-electron chi connectivity index (χ3n) is 2.69. The number of hydrogen-bond donors (Lipinski definition) is 0. The summed E-state index contributed by atoms with van der Waals surface area (Å²) in [6.07, 6.45) is 3.51. The normalized spacial score (nSPS) is 10.8. The van der Waals surface area contributed by atoms with E-state index in [0.29, 0.717) is 5.71 Å². The minimum Gasteiger partial charge on any atom is -0.446 e. The Hall–Kier alpha value is -2.09. The van der Waals surface area contributed by atoms with Crippen molar-refractivity contribution in [1.29, 1.82) is 0 Å². The largest absolute Gasteiger partial charge is 0.446 e. The Morgan fingerprint density at radius 1 is 1.00 bits per heavy atom. The van der Waals surface area contributed by atoms with Crippen LogP contribution in [0.15, 0.2) is 53.3 Å². The number of nitrogens with zero attached hydrogens (tertiary/aromatic N) is 1. The molecule has 0 N–H and O–H groups in total. The standard InChI is InChI=1S/C14H11NO/c1-10-2-4-11(5-3-10)13-8-12-6-7-16-14(12)15-9-13/h2-9H,1H3. The van der Waals surface area contributed by atoms with Crippen LogP contribution in [-0.4, -0.2) is 4.98 Å². The number of pyridine rings is 1. The highest BCUT2D eigenvalue weighted by Crippen LogP contribution is 2.23. The van der Waals surface area contributed by atoms with Crippen molar-refractivity contribution in [3.05, 3.63) is 54.4 Å². The molecule has 0 aliphatic heterocycles. The number of hydrogen-bond acceptors (Lipinski definition) is 2. The fourth-order valence-corrected chi connectivity index (χ4v) is 1.76. The number of fused-ring (bicyclic) bond motifs is 1. The third kappa shape index (κ3) is 1.48. The molecule has 2 heterocycles. The molecule has 0 fully saturated rings. The first-order valence-corrected chi connectivity index (χ1v) is 5.23. The van der Waals surface area contributed by atoms with Crippen LogP contribution in [0, 0.1) is 6.92 Å². The van der Waals surface area contributed by atoms with Gasteiger partial charge in [0, 0.05) is 17.1 Å². The number of benzene rings is 1. The predicted octanol–water partition coefficient (Wildman–Crippen LogP) is 3.80. The van der Waals surface area contributed by atoms with Gasteiger partial charge in [0.05, 0.1) is 6.26 Å². The molecule has 2 heteroatoms. The van der Waals surface area contributed by atoms with Gasteiger partial charge in [-0.05, 0) is 24.6 Å². The highest BCUT2D eigenvalue weighted by Gasteiger charge is 2.02. The Labute approximate surface area is 93.5 Å². The molecular formula is C14H11NO. The van der Waals surface area contributed by atoms with Gasteiger partial charge in [0.25, 0.3) is 0 Å². The Morgan fingerprint density at radius 3 is 2.62 bits per heavy atom. The molecule has 0 saturated heterocycles. The van der Waals surface area contributed by atoms with Crippen molar-refractivity contribution in [2.45, 2.75) is 6.92 Å². The zero-order valence-corrected chi connectivity index (χ0v) is 8.97. The van der Waals surface area contributed by atoms with E-state index in [0.717, 1.165) is 10.9 Å². The summed E-state index contributed by atoms with van der Waals surface area (Å²) in [5.41, 5.74) is 4.26. The molecule has 0 aliphatic carbocycles. The zero-order valence-electron chi connectivity index (χ0n) is 8.97. The van der Waals surface area contributed by atoms with Gasteiger partial charge in [-0.25, -0.2) is 4.98 Å². The molecule has 0 saturated carbocycles. The third-order valence-corrected chi connectivity index (χ3v) is 2.69. The quantitative estimate of drug-likeness (QED) is 0.609. The highest BCUT2D eigenvalue weighted by molar-refractivity contribution is 5.79. The van der Waals surface area contributed by atoms with E-state index < -0.39 is 0 Å². The van der Waals surface area contributed by atoms with Crippen LogP contribution in [0.5, 0.6) is 0 Å². The molecule has 0 aliphatic rings. The van der Waals surface area contributed by atoms with E-state index >= 15 is 0 Å². The number of furan rings is 1. The fourth-order valence-electron chi connectivity index (χ4n) is 1.76. The van der Waals surface area contributed by atoms with E-state index in [2.05, 4.69) is 42.2 Å². The Kier molecular flexibility index (Phi) is 2.00. The van der Waals surface area contributed by atoms with Gasteiger partial charge in [-0.15, -0.1) is 0 Å². The van der Waals surface area contributed by atoms with E-state index in [9.17, 15) is 0 Å². The molecular weight excluding hydrogens is 198 g/mol. The molecule has 0 atom stereocenters. The van der Waals surface area contributed by atoms with Gasteiger partial charge in [-0.1, -0.05) is 29.8 Å². The van der Waals surface area contributed by atoms with Gasteiger partial charge in [-0.3, -0.25) is 0 Å². The van der Waals surface area contributed by atoms with Crippen LogP contribution >= 0.6 is 0 Å². The van der Waals surface area contributed by atoms with E-state index in [1.165, 1.54) is 11.1 Å². The van der Waals surface area contributed by atoms with Gasteiger partial charge in [-0.2, -0.15) is 0 Å². The Bertz CT molecular complexity index is 623. The van der Waals surface area contributed by atoms with E-state index in [-0.39, 0.29) is 0 Å². The van der Waals surface area contributed by atoms with Gasteiger partial charge in [0.2, 0.25) is 5.71 Å². The van der Waals surface area contributed by atoms with Gasteiger partial charge < -0.3 is 4.42 Å². The summed E-state index contributed by atoms with van der Waals surface area (Å²) in [7, 11) is 0. The van der Waals surface area contributed by atoms with Crippen LogP contribution in [0.3, 0.4) is 0 Å². The maximum Gasteiger partial charge on any atom is 0.225 e. The second kappa shape index (κ2) is 3.49. The topological polar surface area (TPSA) is 26.0 Å². The van der Waals surface area contributed by atoms with E-state index in [4.69, 9.17) is 4.42 Å². The molecule has 2 aromatic heterocycles. The lowest BCUT2D eigenvalue weighted by Crippen LogP contribution is -1.80. The monoisotopic (exact) mass is 209 g/mol. The van der Waals surface area contributed by atoms with Crippen LogP contribution in [0.25, 0.3) is 22.2 Å². The number of aryl methyl sites for hydroxylation is 1. The van der Waals surface area contributed by atoms with Crippen molar-refractivity contribution in [2.24, 2.45) is 0 Å². The molecule has 0 bridgehead atoms. The van der Waals surface area contributed by atoms with Crippen molar-refractivity contribution < 1.29 is 4.42 Å². The summed E-state index contributed by atoms with van der Waals surface area (Å²) in [6, 6.07) is 12.5. The summed E-state index contributed by atoms with van der Waals surface area (Å²) in [4.78, 5) is 4.27. The van der Waals surface area contributed by atoms with Gasteiger partial charge in [0.1, 0.15) is 0 Å². The van der Waals surface area contributed by atoms with Gasteiger partial charge in [0.15, 0.2) is 0 Å². The smallest absolute Gasteiger partial charge is 0.225 e. The first kappa shape index (κ1) is 9.16. The van der Waals surface area contributed by atoms with Crippen LogP contribution < -0.4 is 0 Å². The second-order valence-electron chi connectivity index (χ2n) is 3.90. The minimum absolute atomic E-state index is 0.691. The molecule has 16 heavy (non-hydrogen) atoms. The Morgan fingerprint density at radius 2 is 1.81 bits per heavy atom. The van der Waals surface area contributed by atoms with Crippen molar-refractivity contribution in [2.75, 3.05) is 0 Å². The van der Waals surface area contributed by atoms with E-state index in [1.54, 1.807) is 6.26 Å². The first-order chi connectivity index (χ1) is 7.83. The molecule has 3 rings (SSSR count). The van der Waals surface area contributed by atoms with Crippen LogP contribution in [0.1, 0.15) is 5.56 Å². The lowest BCUT2D eigenvalue weighted by Gasteiger charge is -2.01. The highest BCUT2D eigenvalue weighted by atomic mass is 16.3. The maximum atomic E-state index is 5.22. The van der Waals surface area contributed by atoms with Crippen molar-refractivity contribution >= 4 is 11.1 Å². The average Bonchev–Trinajstić information content (AvgIpc) is 2.77. The summed E-state index contributed by atoms with van der Waals surface area (Å²) >= 11 is 0. The first-order valence-electron chi connectivity index (χ1n) is 5.23. The molecule has 0 unspecified atom stereocenters. The maximum absolute atomic E-state index is 5.22. The molecule has 0 amide bonds. The summed E-state index contributed by atoms with van der Waals surface area (Å²) in [5, 5.41) is 1.04. The minimum atomic E-state index is 0.691. The van der Waals surface area contributed by atoms with Crippen molar-refractivity contribution in [3.8, 4) is 11.1 Å². The second-order valence-corrected chi connectivity index (χ2v) is 3.90. The molecule has 2 nitrogen and oxygen atoms in total. The average molecular weight is 209 g/mol. The SMILES string of the molecule is Cc1ccc(-c2cnc3occc3c2)cc1. The van der Waals surface area contributed by atoms with Crippen LogP contribution in [-0.2, 0) is 0 Å². The summed E-state index contributed by atoms with van der Waals surface area (Å²) in [6.45, 7) is 2.08. The van der Waals surface area contributed by atoms with Crippen molar-refractivity contribution in [1.82, 2.24) is 4.98 Å². The number of aromatic nitrogens is 1. The van der Waals surface area contributed by atoms with Crippen LogP contribution in [0.2, 0.25) is 0 Å². The lowest BCUT2D eigenvalue weighted by atomic mass is 10.1. The zero-order chi connectivity index (χ0) is 11.0. The predicted molar refractivity (Wildman–Crippen MR) is 64.2 cm³/mol. The fraction of sp³-hybridized carbons (Fsp3) is 0.0714. The van der Waals surface area contributed by atoms with Gasteiger partial charge >= 0.3 is 0 Å². The molecule has 3 aromatic rings. The van der Waals surface area contributed by atoms with E-state index in [1.807, 2.05) is 12.3 Å². The lowest BCUT2D eigenvalue weighted by molar-refractivity contribution is 0.603. The molecule has 78 valence electrons. The Balaban J connectivity index is 2.14. The molecule has 0 radical (unpaired) electrons. The number of rotatable bonds is 1. The summed E-state index contributed by atoms with van der Waals surface area (Å²) < 4.78 is 5.22. The summed E-state index contributed by atoms with van der Waals surface area (Å²) in [5.74, 6) is 0. The van der Waals surface area contributed by atoms with Crippen molar-refractivity contribution in [3.63, 3.8) is 0 Å². The van der Waals surface area contributed by atoms with Crippen LogP contribution in [0.4, 0.5) is 0 Å². The molecule has 1 aromatic carbocycles.